The average Bonchev–Trinajstić information content (AvgIpc) is 3.36. The molecule has 2 unspecified atom stereocenters. The molecule has 10 heteroatoms. The molecule has 2 aromatic rings. The molecule has 35 heavy (non-hydrogen) atoms. The highest BCUT2D eigenvalue weighted by Gasteiger charge is 2.56. The molecule has 2 aromatic carbocycles. The molecule has 9 nitrogen and oxygen atoms in total. The fourth-order valence-electron chi connectivity index (χ4n) is 4.79. The van der Waals surface area contributed by atoms with Crippen LogP contribution in [0.4, 0.5) is 14.9 Å². The Hall–Kier alpha value is -4.08. The monoisotopic (exact) mass is 479 g/mol. The van der Waals surface area contributed by atoms with Crippen molar-refractivity contribution < 1.29 is 23.5 Å². The first kappa shape index (κ1) is 22.7. The van der Waals surface area contributed by atoms with Gasteiger partial charge in [0.15, 0.2) is 12.2 Å². The second-order valence-corrected chi connectivity index (χ2v) is 8.65. The van der Waals surface area contributed by atoms with Crippen LogP contribution >= 0.6 is 0 Å². The number of allylic oxidation sites excluding steroid dienone is 2. The normalized spacial score (nSPS) is 21.5. The minimum absolute atomic E-state index is 0.0481. The largest absolute Gasteiger partial charge is 0.497 e. The molecular formula is C25H26FN5O4. The number of hydrogen-bond donors (Lipinski definition) is 0. The molecule has 0 aliphatic carbocycles. The van der Waals surface area contributed by atoms with Gasteiger partial charge in [0.05, 0.1) is 26.5 Å². The van der Waals surface area contributed by atoms with Crippen molar-refractivity contribution in [1.82, 2.24) is 14.7 Å². The van der Waals surface area contributed by atoms with Gasteiger partial charge in [-0.1, -0.05) is 12.1 Å². The molecule has 182 valence electrons. The molecule has 3 heterocycles. The minimum atomic E-state index is -0.711. The van der Waals surface area contributed by atoms with Crippen molar-refractivity contribution >= 4 is 23.6 Å². The number of guanidine groups is 1. The molecule has 1 fully saturated rings. The molecule has 3 aliphatic heterocycles. The van der Waals surface area contributed by atoms with Crippen LogP contribution in [0.25, 0.3) is 0 Å². The van der Waals surface area contributed by atoms with Crippen molar-refractivity contribution in [2.24, 2.45) is 4.99 Å². The first-order valence-electron chi connectivity index (χ1n) is 11.2. The van der Waals surface area contributed by atoms with Gasteiger partial charge in [-0.2, -0.15) is 0 Å². The lowest BCUT2D eigenvalue weighted by Crippen LogP contribution is -2.64. The van der Waals surface area contributed by atoms with Crippen LogP contribution in [-0.2, 0) is 11.3 Å². The number of benzene rings is 2. The topological polar surface area (TPSA) is 77.9 Å². The summed E-state index contributed by atoms with van der Waals surface area (Å²) >= 11 is 0. The number of aliphatic imine (C=N–C) groups is 1. The van der Waals surface area contributed by atoms with Gasteiger partial charge >= 0.3 is 6.03 Å². The molecule has 5 rings (SSSR count). The number of halogens is 1. The number of imide groups is 1. The number of urea groups is 1. The van der Waals surface area contributed by atoms with Crippen LogP contribution in [0.15, 0.2) is 58.9 Å². The molecule has 0 bridgehead atoms. The van der Waals surface area contributed by atoms with Gasteiger partial charge in [-0.25, -0.2) is 14.2 Å². The molecule has 2 atom stereocenters. The Kier molecular flexibility index (Phi) is 5.38. The van der Waals surface area contributed by atoms with E-state index >= 15 is 0 Å². The van der Waals surface area contributed by atoms with Gasteiger partial charge < -0.3 is 14.4 Å². The lowest BCUT2D eigenvalue weighted by atomic mass is 10.1. The van der Waals surface area contributed by atoms with Gasteiger partial charge in [-0.15, -0.1) is 0 Å². The molecule has 0 spiro atoms. The first-order valence-corrected chi connectivity index (χ1v) is 11.2. The molecule has 0 radical (unpaired) electrons. The fraction of sp³-hybridized carbons (Fsp3) is 0.320. The molecular weight excluding hydrogens is 453 g/mol. The van der Waals surface area contributed by atoms with Crippen molar-refractivity contribution in [3.63, 3.8) is 0 Å². The first-order chi connectivity index (χ1) is 16.8. The van der Waals surface area contributed by atoms with Gasteiger partial charge in [0.2, 0.25) is 5.96 Å². The third-order valence-electron chi connectivity index (χ3n) is 6.77. The summed E-state index contributed by atoms with van der Waals surface area (Å²) in [6.07, 6.45) is -0.677. The van der Waals surface area contributed by atoms with Crippen LogP contribution in [0, 0.1) is 5.82 Å². The van der Waals surface area contributed by atoms with Crippen molar-refractivity contribution in [3.05, 3.63) is 65.2 Å². The Labute approximate surface area is 202 Å². The lowest BCUT2D eigenvalue weighted by Gasteiger charge is -2.40. The number of carbonyl (C=O) groups excluding carboxylic acids is 2. The predicted octanol–water partition coefficient (Wildman–Crippen LogP) is 3.37. The third kappa shape index (κ3) is 3.39. The Bertz CT molecular complexity index is 1280. The number of nitrogens with zero attached hydrogens (tertiary/aromatic N) is 5. The van der Waals surface area contributed by atoms with Crippen LogP contribution in [0.2, 0.25) is 0 Å². The summed E-state index contributed by atoms with van der Waals surface area (Å²) in [5.74, 6) is 1.06. The van der Waals surface area contributed by atoms with Gasteiger partial charge in [0, 0.05) is 24.5 Å². The van der Waals surface area contributed by atoms with Crippen LogP contribution in [-0.4, -0.2) is 66.1 Å². The standard InChI is InChI=1S/C25H26FN5O4/c1-14-15(2)31-21-22(27-24(31)30(14)19-11-10-18(34-4)12-20(19)35-5)28(3)25(33)29(23(21)32)13-16-6-8-17(26)9-7-16/h6-12,21-22H,13H2,1-5H3. The Morgan fingerprint density at radius 3 is 2.37 bits per heavy atom. The zero-order valence-electron chi connectivity index (χ0n) is 20.2. The number of hydrogen-bond acceptors (Lipinski definition) is 7. The maximum absolute atomic E-state index is 13.7. The molecule has 0 aromatic heterocycles. The summed E-state index contributed by atoms with van der Waals surface area (Å²) in [6.45, 7) is 3.93. The number of ether oxygens (including phenoxy) is 2. The number of rotatable bonds is 5. The smallest absolute Gasteiger partial charge is 0.328 e. The number of anilines is 1. The Morgan fingerprint density at radius 1 is 1.00 bits per heavy atom. The minimum Gasteiger partial charge on any atom is -0.497 e. The van der Waals surface area contributed by atoms with Gasteiger partial charge in [0.1, 0.15) is 17.3 Å². The fourth-order valence-corrected chi connectivity index (χ4v) is 4.79. The van der Waals surface area contributed by atoms with Gasteiger partial charge in [-0.3, -0.25) is 19.5 Å². The summed E-state index contributed by atoms with van der Waals surface area (Å²) in [4.78, 5) is 38.2. The second kappa shape index (κ2) is 8.30. The summed E-state index contributed by atoms with van der Waals surface area (Å²) in [5.41, 5.74) is 3.15. The number of fused-ring (bicyclic) bond motifs is 3. The highest BCUT2D eigenvalue weighted by atomic mass is 19.1. The number of amides is 3. The molecule has 3 amide bonds. The van der Waals surface area contributed by atoms with Crippen molar-refractivity contribution in [3.8, 4) is 11.5 Å². The molecule has 0 saturated carbocycles. The van der Waals surface area contributed by atoms with E-state index in [0.717, 1.165) is 17.1 Å². The van der Waals surface area contributed by atoms with Gasteiger partial charge in [0.25, 0.3) is 5.91 Å². The number of carbonyl (C=O) groups is 2. The van der Waals surface area contributed by atoms with E-state index in [1.54, 1.807) is 39.5 Å². The lowest BCUT2D eigenvalue weighted by molar-refractivity contribution is -0.137. The third-order valence-corrected chi connectivity index (χ3v) is 6.77. The van der Waals surface area contributed by atoms with Crippen LogP contribution in [0.5, 0.6) is 11.5 Å². The SMILES string of the molecule is COc1ccc(N2C3=NC4C(C(=O)N(Cc5ccc(F)cc5)C(=O)N4C)N3C(C)=C2C)c(OC)c1. The van der Waals surface area contributed by atoms with E-state index in [0.29, 0.717) is 23.0 Å². The summed E-state index contributed by atoms with van der Waals surface area (Å²) in [6, 6.07) is 10.1. The van der Waals surface area contributed by atoms with Crippen molar-refractivity contribution in [1.29, 1.82) is 0 Å². The molecule has 1 saturated heterocycles. The van der Waals surface area contributed by atoms with Crippen LogP contribution in [0.3, 0.4) is 0 Å². The van der Waals surface area contributed by atoms with Crippen LogP contribution in [0.1, 0.15) is 19.4 Å². The number of likely N-dealkylation sites (N-methyl/N-ethyl adjacent to an activating group) is 1. The van der Waals surface area contributed by atoms with E-state index in [1.807, 2.05) is 35.8 Å². The summed E-state index contributed by atoms with van der Waals surface area (Å²) < 4.78 is 24.3. The second-order valence-electron chi connectivity index (χ2n) is 8.65. The van der Waals surface area contributed by atoms with E-state index < -0.39 is 18.2 Å². The van der Waals surface area contributed by atoms with E-state index in [2.05, 4.69) is 0 Å². The van der Waals surface area contributed by atoms with E-state index in [-0.39, 0.29) is 18.3 Å². The zero-order chi connectivity index (χ0) is 25.0. The van der Waals surface area contributed by atoms with Crippen LogP contribution < -0.4 is 14.4 Å². The van der Waals surface area contributed by atoms with Crippen molar-refractivity contribution in [2.45, 2.75) is 32.6 Å². The highest BCUT2D eigenvalue weighted by molar-refractivity contribution is 6.11. The van der Waals surface area contributed by atoms with E-state index in [1.165, 1.54) is 21.9 Å². The zero-order valence-corrected chi connectivity index (χ0v) is 20.2. The molecule has 0 N–H and O–H groups in total. The summed E-state index contributed by atoms with van der Waals surface area (Å²) in [5, 5.41) is 0. The quantitative estimate of drug-likeness (QED) is 0.655. The Balaban J connectivity index is 1.52. The maximum Gasteiger partial charge on any atom is 0.328 e. The maximum atomic E-state index is 13.7. The number of methoxy groups -OCH3 is 2. The molecule has 3 aliphatic rings. The average molecular weight is 480 g/mol. The predicted molar refractivity (Wildman–Crippen MR) is 127 cm³/mol. The van der Waals surface area contributed by atoms with Gasteiger partial charge in [-0.05, 0) is 43.7 Å². The highest BCUT2D eigenvalue weighted by Crippen LogP contribution is 2.43. The summed E-state index contributed by atoms with van der Waals surface area (Å²) in [7, 11) is 4.81. The van der Waals surface area contributed by atoms with E-state index in [9.17, 15) is 14.0 Å². The van der Waals surface area contributed by atoms with Crippen molar-refractivity contribution in [2.75, 3.05) is 26.2 Å². The Morgan fingerprint density at radius 2 is 1.71 bits per heavy atom. The van der Waals surface area contributed by atoms with E-state index in [4.69, 9.17) is 14.5 Å².